The third kappa shape index (κ3) is 4.10. The Bertz CT molecular complexity index is 946. The van der Waals surface area contributed by atoms with E-state index in [0.717, 1.165) is 11.1 Å². The summed E-state index contributed by atoms with van der Waals surface area (Å²) >= 11 is 1.24. The Morgan fingerprint density at radius 2 is 1.86 bits per heavy atom. The highest BCUT2D eigenvalue weighted by Gasteiger charge is 2.41. The first-order chi connectivity index (χ1) is 13.5. The molecule has 0 unspecified atom stereocenters. The molecule has 0 radical (unpaired) electrons. The normalized spacial score (nSPS) is 18.0. The summed E-state index contributed by atoms with van der Waals surface area (Å²) < 4.78 is 5.03. The molecule has 6 heteroatoms. The number of thioether (sulfide) groups is 1. The molecule has 28 heavy (non-hydrogen) atoms. The van der Waals surface area contributed by atoms with Crippen LogP contribution < -0.4 is 4.90 Å². The molecule has 2 aromatic carbocycles. The molecular formula is C22H20N2O3S. The lowest BCUT2D eigenvalue weighted by atomic mass is 10.1. The molecule has 1 aliphatic heterocycles. The van der Waals surface area contributed by atoms with E-state index in [1.165, 1.54) is 16.7 Å². The fourth-order valence-electron chi connectivity index (χ4n) is 2.93. The van der Waals surface area contributed by atoms with E-state index in [1.54, 1.807) is 6.92 Å². The van der Waals surface area contributed by atoms with Gasteiger partial charge in [0.2, 0.25) is 5.91 Å². The first kappa shape index (κ1) is 19.7. The number of nitrogens with zero attached hydrogens (tertiary/aromatic N) is 2. The maximum Gasteiger partial charge on any atom is 0.351 e. The average molecular weight is 392 g/mol. The van der Waals surface area contributed by atoms with E-state index in [9.17, 15) is 14.9 Å². The SMILES string of the molecule is CCOC(=O)/C(C#N)=C1/S[C@@H](Cc2ccccc2)C(=O)N1c1ccc(C)cc1. The van der Waals surface area contributed by atoms with Crippen LogP contribution in [0.15, 0.2) is 65.2 Å². The van der Waals surface area contributed by atoms with Gasteiger partial charge in [0.15, 0.2) is 5.57 Å². The summed E-state index contributed by atoms with van der Waals surface area (Å²) in [4.78, 5) is 27.0. The number of rotatable bonds is 5. The first-order valence-electron chi connectivity index (χ1n) is 8.97. The molecule has 0 N–H and O–H groups in total. The van der Waals surface area contributed by atoms with Gasteiger partial charge in [0.25, 0.3) is 0 Å². The van der Waals surface area contributed by atoms with E-state index in [2.05, 4.69) is 0 Å². The summed E-state index contributed by atoms with van der Waals surface area (Å²) in [6.07, 6.45) is 0.512. The van der Waals surface area contributed by atoms with Crippen LogP contribution in [0.2, 0.25) is 0 Å². The third-order valence-corrected chi connectivity index (χ3v) is 5.58. The van der Waals surface area contributed by atoms with Gasteiger partial charge in [-0.3, -0.25) is 9.69 Å². The molecule has 1 amide bonds. The van der Waals surface area contributed by atoms with Crippen LogP contribution >= 0.6 is 11.8 Å². The van der Waals surface area contributed by atoms with Crippen LogP contribution in [0.3, 0.4) is 0 Å². The Morgan fingerprint density at radius 3 is 2.46 bits per heavy atom. The number of benzene rings is 2. The molecule has 2 aromatic rings. The highest BCUT2D eigenvalue weighted by Crippen LogP contribution is 2.42. The van der Waals surface area contributed by atoms with E-state index in [4.69, 9.17) is 4.74 Å². The minimum absolute atomic E-state index is 0.142. The molecule has 0 aromatic heterocycles. The van der Waals surface area contributed by atoms with Crippen molar-refractivity contribution >= 4 is 29.3 Å². The highest BCUT2D eigenvalue weighted by atomic mass is 32.2. The standard InChI is InChI=1S/C22H20N2O3S/c1-3-27-22(26)18(14-23)21-24(17-11-9-15(2)10-12-17)20(25)19(28-21)13-16-7-5-4-6-8-16/h4-12,19H,3,13H2,1-2H3/b21-18+/t19-/m0/s1. The van der Waals surface area contributed by atoms with Gasteiger partial charge >= 0.3 is 5.97 Å². The molecule has 3 rings (SSSR count). The number of hydrogen-bond donors (Lipinski definition) is 0. The predicted molar refractivity (Wildman–Crippen MR) is 109 cm³/mol. The van der Waals surface area contributed by atoms with Crippen molar-refractivity contribution in [2.45, 2.75) is 25.5 Å². The molecule has 1 saturated heterocycles. The molecule has 0 aliphatic carbocycles. The van der Waals surface area contributed by atoms with Crippen molar-refractivity contribution in [3.05, 3.63) is 76.3 Å². The maximum absolute atomic E-state index is 13.2. The van der Waals surface area contributed by atoms with Gasteiger partial charge in [0.1, 0.15) is 11.1 Å². The monoisotopic (exact) mass is 392 g/mol. The lowest BCUT2D eigenvalue weighted by Crippen LogP contribution is -2.30. The van der Waals surface area contributed by atoms with Crippen molar-refractivity contribution in [1.29, 1.82) is 5.26 Å². The zero-order chi connectivity index (χ0) is 20.1. The zero-order valence-corrected chi connectivity index (χ0v) is 16.5. The smallest absolute Gasteiger partial charge is 0.351 e. The minimum atomic E-state index is -0.710. The van der Waals surface area contributed by atoms with Crippen LogP contribution in [0.1, 0.15) is 18.1 Å². The van der Waals surface area contributed by atoms with Gasteiger partial charge in [-0.05, 0) is 38.0 Å². The number of ether oxygens (including phenoxy) is 1. The van der Waals surface area contributed by atoms with Gasteiger partial charge in [-0.2, -0.15) is 5.26 Å². The number of hydrogen-bond acceptors (Lipinski definition) is 5. The van der Waals surface area contributed by atoms with Crippen LogP contribution in [0.4, 0.5) is 5.69 Å². The minimum Gasteiger partial charge on any atom is -0.462 e. The van der Waals surface area contributed by atoms with E-state index in [-0.39, 0.29) is 18.1 Å². The second kappa shape index (κ2) is 8.77. The lowest BCUT2D eigenvalue weighted by Gasteiger charge is -2.18. The van der Waals surface area contributed by atoms with E-state index < -0.39 is 11.2 Å². The Labute approximate surface area is 168 Å². The van der Waals surface area contributed by atoms with Gasteiger partial charge in [0.05, 0.1) is 11.9 Å². The molecule has 1 fully saturated rings. The second-order valence-corrected chi connectivity index (χ2v) is 7.51. The number of amides is 1. The number of nitriles is 1. The predicted octanol–water partition coefficient (Wildman–Crippen LogP) is 3.98. The first-order valence-corrected chi connectivity index (χ1v) is 9.85. The molecule has 0 bridgehead atoms. The van der Waals surface area contributed by atoms with Gasteiger partial charge in [-0.15, -0.1) is 0 Å². The van der Waals surface area contributed by atoms with Gasteiger partial charge in [0, 0.05) is 5.69 Å². The fourth-order valence-corrected chi connectivity index (χ4v) is 4.23. The Hall–Kier alpha value is -3.04. The fraction of sp³-hybridized carbons (Fsp3) is 0.227. The van der Waals surface area contributed by atoms with Crippen LogP contribution in [0.5, 0.6) is 0 Å². The summed E-state index contributed by atoms with van der Waals surface area (Å²) in [7, 11) is 0. The van der Waals surface area contributed by atoms with Gasteiger partial charge in [-0.25, -0.2) is 4.79 Å². The van der Waals surface area contributed by atoms with Gasteiger partial charge < -0.3 is 4.74 Å². The topological polar surface area (TPSA) is 70.4 Å². The molecule has 5 nitrogen and oxygen atoms in total. The number of carbonyl (C=O) groups excluding carboxylic acids is 2. The Balaban J connectivity index is 2.03. The lowest BCUT2D eigenvalue weighted by molar-refractivity contribution is -0.138. The molecular weight excluding hydrogens is 372 g/mol. The summed E-state index contributed by atoms with van der Waals surface area (Å²) in [5, 5.41) is 9.50. The van der Waals surface area contributed by atoms with Crippen LogP contribution in [0, 0.1) is 18.3 Å². The van der Waals surface area contributed by atoms with Crippen molar-refractivity contribution < 1.29 is 14.3 Å². The Morgan fingerprint density at radius 1 is 1.18 bits per heavy atom. The third-order valence-electron chi connectivity index (χ3n) is 4.31. The van der Waals surface area contributed by atoms with E-state index in [0.29, 0.717) is 17.1 Å². The molecule has 142 valence electrons. The zero-order valence-electron chi connectivity index (χ0n) is 15.7. The molecule has 0 spiro atoms. The second-order valence-electron chi connectivity index (χ2n) is 6.32. The highest BCUT2D eigenvalue weighted by molar-refractivity contribution is 8.05. The maximum atomic E-state index is 13.2. The number of esters is 1. The van der Waals surface area contributed by atoms with Gasteiger partial charge in [-0.1, -0.05) is 59.8 Å². The van der Waals surface area contributed by atoms with Crippen molar-refractivity contribution in [2.24, 2.45) is 0 Å². The van der Waals surface area contributed by atoms with Crippen molar-refractivity contribution in [3.63, 3.8) is 0 Å². The summed E-state index contributed by atoms with van der Waals surface area (Å²) in [5.74, 6) is -0.859. The van der Waals surface area contributed by atoms with E-state index >= 15 is 0 Å². The van der Waals surface area contributed by atoms with Crippen molar-refractivity contribution in [3.8, 4) is 6.07 Å². The quantitative estimate of drug-likeness (QED) is 0.437. The van der Waals surface area contributed by atoms with Crippen LogP contribution in [-0.4, -0.2) is 23.7 Å². The van der Waals surface area contributed by atoms with Crippen LogP contribution in [0.25, 0.3) is 0 Å². The summed E-state index contributed by atoms with van der Waals surface area (Å²) in [5.41, 5.74) is 2.57. The van der Waals surface area contributed by atoms with Crippen molar-refractivity contribution in [1.82, 2.24) is 0 Å². The molecule has 1 heterocycles. The molecule has 1 aliphatic rings. The summed E-state index contributed by atoms with van der Waals surface area (Å²) in [6, 6.07) is 19.1. The summed E-state index contributed by atoms with van der Waals surface area (Å²) in [6.45, 7) is 3.80. The molecule has 0 saturated carbocycles. The van der Waals surface area contributed by atoms with Crippen molar-refractivity contribution in [2.75, 3.05) is 11.5 Å². The number of aryl methyl sites for hydroxylation is 1. The number of carbonyl (C=O) groups is 2. The molecule has 1 atom stereocenters. The van der Waals surface area contributed by atoms with E-state index in [1.807, 2.05) is 67.6 Å². The largest absolute Gasteiger partial charge is 0.462 e. The average Bonchev–Trinajstić information content (AvgIpc) is 3.00. The van der Waals surface area contributed by atoms with Crippen LogP contribution in [-0.2, 0) is 20.7 Å². The number of anilines is 1. The Kier molecular flexibility index (Phi) is 6.17.